The maximum Gasteiger partial charge on any atom is 0.343 e. The number of carbonyl (C=O) groups is 3. The van der Waals surface area contributed by atoms with Gasteiger partial charge in [-0.05, 0) is 95.7 Å². The molecule has 0 aliphatic carbocycles. The fourth-order valence-corrected chi connectivity index (χ4v) is 3.41. The Morgan fingerprint density at radius 2 is 1.06 bits per heavy atom. The lowest BCUT2D eigenvalue weighted by Gasteiger charge is -2.10. The lowest BCUT2D eigenvalue weighted by atomic mass is 10.1. The summed E-state index contributed by atoms with van der Waals surface area (Å²) in [6.07, 6.45) is 2.49. The van der Waals surface area contributed by atoms with Crippen molar-refractivity contribution in [2.45, 2.75) is 0 Å². The monoisotopic (exact) mass is 478 g/mol. The number of ketones is 2. The normalized spacial score (nSPS) is 10.3. The Labute approximate surface area is 208 Å². The summed E-state index contributed by atoms with van der Waals surface area (Å²) in [5, 5.41) is 1.72. The first-order valence-corrected chi connectivity index (χ1v) is 11.0. The summed E-state index contributed by atoms with van der Waals surface area (Å²) in [7, 11) is 0. The molecular weight excluding hydrogens is 456 g/mol. The van der Waals surface area contributed by atoms with Gasteiger partial charge in [-0.15, -0.1) is 0 Å². The molecule has 0 atom stereocenters. The summed E-state index contributed by atoms with van der Waals surface area (Å²) in [6.45, 7) is 6.91. The Bertz CT molecular complexity index is 1450. The molecule has 36 heavy (non-hydrogen) atoms. The van der Waals surface area contributed by atoms with E-state index in [1.54, 1.807) is 72.8 Å². The summed E-state index contributed by atoms with van der Waals surface area (Å²) in [5.41, 5.74) is 1.40. The molecule has 0 aromatic heterocycles. The van der Waals surface area contributed by atoms with Crippen LogP contribution in [0.5, 0.6) is 17.2 Å². The maximum atomic E-state index is 12.6. The SMILES string of the molecule is C=CC(=O)c1ccc(OCOc2ccc3cc(C(=O)Oc4ccc(C(=O)C=C)cc4)ccc3c2)cc1. The quantitative estimate of drug-likeness (QED) is 0.0886. The van der Waals surface area contributed by atoms with Gasteiger partial charge in [-0.25, -0.2) is 4.79 Å². The molecule has 0 fully saturated rings. The molecule has 6 heteroatoms. The third-order valence-electron chi connectivity index (χ3n) is 5.36. The standard InChI is InChI=1S/C30H22O6/c1-3-28(31)20-7-12-25(13-8-20)34-19-35-27-16-11-22-17-24(6-5-23(22)18-27)30(33)36-26-14-9-21(10-15-26)29(32)4-2/h3-18H,1-2,19H2. The van der Waals surface area contributed by atoms with Gasteiger partial charge in [0.15, 0.2) is 11.6 Å². The smallest absolute Gasteiger partial charge is 0.343 e. The first-order valence-electron chi connectivity index (χ1n) is 11.0. The van der Waals surface area contributed by atoms with Crippen LogP contribution >= 0.6 is 0 Å². The van der Waals surface area contributed by atoms with Crippen molar-refractivity contribution in [1.29, 1.82) is 0 Å². The van der Waals surface area contributed by atoms with E-state index in [0.29, 0.717) is 33.9 Å². The van der Waals surface area contributed by atoms with Crippen molar-refractivity contribution in [3.05, 3.63) is 127 Å². The molecule has 0 saturated heterocycles. The largest absolute Gasteiger partial charge is 0.458 e. The minimum atomic E-state index is -0.505. The molecule has 0 spiro atoms. The molecule has 0 bridgehead atoms. The fraction of sp³-hybridized carbons (Fsp3) is 0.0333. The molecule has 0 amide bonds. The number of allylic oxidation sites excluding steroid dienone is 2. The van der Waals surface area contributed by atoms with Gasteiger partial charge in [0.1, 0.15) is 17.2 Å². The zero-order chi connectivity index (χ0) is 25.5. The molecule has 0 unspecified atom stereocenters. The van der Waals surface area contributed by atoms with Crippen LogP contribution in [-0.4, -0.2) is 24.3 Å². The Morgan fingerprint density at radius 1 is 0.583 bits per heavy atom. The van der Waals surface area contributed by atoms with Crippen LogP contribution in [-0.2, 0) is 0 Å². The van der Waals surface area contributed by atoms with Gasteiger partial charge in [-0.1, -0.05) is 25.3 Å². The lowest BCUT2D eigenvalue weighted by Crippen LogP contribution is -2.08. The van der Waals surface area contributed by atoms with E-state index in [0.717, 1.165) is 10.8 Å². The van der Waals surface area contributed by atoms with E-state index in [9.17, 15) is 14.4 Å². The second kappa shape index (κ2) is 11.0. The minimum Gasteiger partial charge on any atom is -0.458 e. The van der Waals surface area contributed by atoms with E-state index in [-0.39, 0.29) is 18.4 Å². The average Bonchev–Trinajstić information content (AvgIpc) is 2.92. The number of esters is 1. The van der Waals surface area contributed by atoms with Crippen molar-refractivity contribution in [1.82, 2.24) is 0 Å². The van der Waals surface area contributed by atoms with Gasteiger partial charge >= 0.3 is 5.97 Å². The molecule has 4 aromatic carbocycles. The number of rotatable bonds is 10. The first kappa shape index (κ1) is 24.2. The first-order chi connectivity index (χ1) is 17.5. The summed E-state index contributed by atoms with van der Waals surface area (Å²) in [6, 6.07) is 23.7. The second-order valence-corrected chi connectivity index (χ2v) is 7.71. The Balaban J connectivity index is 1.36. The summed E-state index contributed by atoms with van der Waals surface area (Å²) in [5.74, 6) is 0.654. The van der Waals surface area contributed by atoms with Gasteiger partial charge < -0.3 is 14.2 Å². The van der Waals surface area contributed by atoms with E-state index in [1.807, 2.05) is 12.1 Å². The van der Waals surface area contributed by atoms with Gasteiger partial charge in [0.2, 0.25) is 6.79 Å². The molecule has 6 nitrogen and oxygen atoms in total. The maximum absolute atomic E-state index is 12.6. The topological polar surface area (TPSA) is 78.9 Å². The zero-order valence-corrected chi connectivity index (χ0v) is 19.3. The van der Waals surface area contributed by atoms with Crippen LogP contribution in [0.3, 0.4) is 0 Å². The summed E-state index contributed by atoms with van der Waals surface area (Å²) < 4.78 is 16.7. The number of benzene rings is 4. The molecule has 0 aliphatic rings. The molecular formula is C30H22O6. The molecule has 0 radical (unpaired) electrons. The van der Waals surface area contributed by atoms with Crippen LogP contribution in [0.2, 0.25) is 0 Å². The van der Waals surface area contributed by atoms with Gasteiger partial charge in [0.05, 0.1) is 5.56 Å². The van der Waals surface area contributed by atoms with E-state index in [1.165, 1.54) is 12.2 Å². The molecule has 0 N–H and O–H groups in total. The van der Waals surface area contributed by atoms with E-state index >= 15 is 0 Å². The van der Waals surface area contributed by atoms with Crippen LogP contribution < -0.4 is 14.2 Å². The van der Waals surface area contributed by atoms with Crippen LogP contribution in [0.15, 0.2) is 110 Å². The van der Waals surface area contributed by atoms with E-state index in [2.05, 4.69) is 13.2 Å². The minimum absolute atomic E-state index is 0.0120. The third-order valence-corrected chi connectivity index (χ3v) is 5.36. The highest BCUT2D eigenvalue weighted by atomic mass is 16.7. The van der Waals surface area contributed by atoms with Crippen LogP contribution in [0.1, 0.15) is 31.1 Å². The average molecular weight is 479 g/mol. The summed E-state index contributed by atoms with van der Waals surface area (Å²) in [4.78, 5) is 35.8. The third kappa shape index (κ3) is 5.74. The number of hydrogen-bond acceptors (Lipinski definition) is 6. The highest BCUT2D eigenvalue weighted by Gasteiger charge is 2.11. The highest BCUT2D eigenvalue weighted by Crippen LogP contribution is 2.24. The Kier molecular flexibility index (Phi) is 7.36. The Morgan fingerprint density at radius 3 is 1.67 bits per heavy atom. The highest BCUT2D eigenvalue weighted by molar-refractivity contribution is 6.04. The van der Waals surface area contributed by atoms with Crippen molar-refractivity contribution < 1.29 is 28.6 Å². The number of ether oxygens (including phenoxy) is 3. The summed E-state index contributed by atoms with van der Waals surface area (Å²) >= 11 is 0. The van der Waals surface area contributed by atoms with Gasteiger partial charge in [0.25, 0.3) is 0 Å². The van der Waals surface area contributed by atoms with Crippen LogP contribution in [0, 0.1) is 0 Å². The predicted octanol–water partition coefficient (Wildman–Crippen LogP) is 6.21. The number of carbonyl (C=O) groups excluding carboxylic acids is 3. The van der Waals surface area contributed by atoms with Crippen molar-refractivity contribution in [2.24, 2.45) is 0 Å². The zero-order valence-electron chi connectivity index (χ0n) is 19.3. The van der Waals surface area contributed by atoms with Gasteiger partial charge in [-0.2, -0.15) is 0 Å². The van der Waals surface area contributed by atoms with Crippen molar-refractivity contribution in [2.75, 3.05) is 6.79 Å². The molecule has 0 saturated carbocycles. The van der Waals surface area contributed by atoms with Gasteiger partial charge in [-0.3, -0.25) is 9.59 Å². The van der Waals surface area contributed by atoms with Crippen molar-refractivity contribution >= 4 is 28.3 Å². The van der Waals surface area contributed by atoms with Gasteiger partial charge in [0, 0.05) is 11.1 Å². The molecule has 0 heterocycles. The molecule has 4 rings (SSSR count). The predicted molar refractivity (Wildman–Crippen MR) is 137 cm³/mol. The molecule has 178 valence electrons. The lowest BCUT2D eigenvalue weighted by molar-refractivity contribution is 0.0734. The van der Waals surface area contributed by atoms with Crippen molar-refractivity contribution in [3.8, 4) is 17.2 Å². The Hall–Kier alpha value is -4.97. The second-order valence-electron chi connectivity index (χ2n) is 7.71. The van der Waals surface area contributed by atoms with E-state index < -0.39 is 5.97 Å². The molecule has 0 aliphatic heterocycles. The van der Waals surface area contributed by atoms with Crippen LogP contribution in [0.4, 0.5) is 0 Å². The fourth-order valence-electron chi connectivity index (χ4n) is 3.41. The number of fused-ring (bicyclic) bond motifs is 1. The van der Waals surface area contributed by atoms with Crippen molar-refractivity contribution in [3.63, 3.8) is 0 Å². The van der Waals surface area contributed by atoms with E-state index in [4.69, 9.17) is 14.2 Å². The number of hydrogen-bond donors (Lipinski definition) is 0. The van der Waals surface area contributed by atoms with Crippen LogP contribution in [0.25, 0.3) is 10.8 Å². The molecule has 4 aromatic rings.